The molecular weight excluding hydrogens is 461 g/mol. The molecule has 0 bridgehead atoms. The fourth-order valence-corrected chi connectivity index (χ4v) is 4.67. The number of aromatic hydroxyl groups is 1. The van der Waals surface area contributed by atoms with Crippen LogP contribution >= 0.6 is 0 Å². The molecule has 9 nitrogen and oxygen atoms in total. The smallest absolute Gasteiger partial charge is 0.282 e. The van der Waals surface area contributed by atoms with Crippen LogP contribution in [0.15, 0.2) is 47.5 Å². The molecule has 2 heterocycles. The Hall–Kier alpha value is -3.34. The molecule has 0 amide bonds. The van der Waals surface area contributed by atoms with Gasteiger partial charge in [-0.25, -0.2) is 22.8 Å². The summed E-state index contributed by atoms with van der Waals surface area (Å²) in [7, 11) is -4.07. The van der Waals surface area contributed by atoms with Gasteiger partial charge < -0.3 is 5.11 Å². The molecule has 0 saturated carbocycles. The van der Waals surface area contributed by atoms with E-state index in [2.05, 4.69) is 19.7 Å². The Morgan fingerprint density at radius 2 is 1.79 bits per heavy atom. The quantitative estimate of drug-likeness (QED) is 0.423. The summed E-state index contributed by atoms with van der Waals surface area (Å²) in [6, 6.07) is 9.00. The molecule has 3 aromatic rings. The summed E-state index contributed by atoms with van der Waals surface area (Å²) in [5.74, 6) is -1.24. The van der Waals surface area contributed by atoms with Crippen LogP contribution in [0.5, 0.6) is 5.88 Å². The summed E-state index contributed by atoms with van der Waals surface area (Å²) in [6.45, 7) is 3.93. The van der Waals surface area contributed by atoms with Gasteiger partial charge in [0.2, 0.25) is 15.9 Å². The van der Waals surface area contributed by atoms with Crippen molar-refractivity contribution in [1.82, 2.24) is 19.5 Å². The molecule has 0 radical (unpaired) electrons. The van der Waals surface area contributed by atoms with Gasteiger partial charge in [0.15, 0.2) is 11.5 Å². The maximum Gasteiger partial charge on any atom is 0.282 e. The molecule has 2 N–H and O–H groups in total. The van der Waals surface area contributed by atoms with Gasteiger partial charge in [0, 0.05) is 12.8 Å². The van der Waals surface area contributed by atoms with Crippen molar-refractivity contribution in [2.24, 2.45) is 0 Å². The zero-order chi connectivity index (χ0) is 24.7. The second-order valence-electron chi connectivity index (χ2n) is 7.83. The van der Waals surface area contributed by atoms with Crippen molar-refractivity contribution in [3.8, 4) is 5.88 Å². The summed E-state index contributed by atoms with van der Waals surface area (Å²) < 4.78 is 42.0. The van der Waals surface area contributed by atoms with E-state index >= 15 is 0 Å². The number of nitrogens with one attached hydrogen (secondary N) is 1. The fourth-order valence-electron chi connectivity index (χ4n) is 3.63. The molecule has 2 aromatic heterocycles. The molecule has 0 spiro atoms. The second-order valence-corrected chi connectivity index (χ2v) is 9.67. The van der Waals surface area contributed by atoms with E-state index in [-0.39, 0.29) is 18.3 Å². The van der Waals surface area contributed by atoms with Crippen LogP contribution in [0.2, 0.25) is 0 Å². The Bertz CT molecular complexity index is 1270. The third kappa shape index (κ3) is 6.16. The Labute approximate surface area is 197 Å². The van der Waals surface area contributed by atoms with Crippen LogP contribution in [-0.2, 0) is 22.9 Å². The highest BCUT2D eigenvalue weighted by Gasteiger charge is 2.25. The summed E-state index contributed by atoms with van der Waals surface area (Å²) in [5, 5.41) is 10.5. The second kappa shape index (κ2) is 11.2. The minimum atomic E-state index is -4.07. The first kappa shape index (κ1) is 25.3. The average Bonchev–Trinajstić information content (AvgIpc) is 2.83. The first-order valence-corrected chi connectivity index (χ1v) is 12.8. The lowest BCUT2D eigenvalue weighted by Gasteiger charge is -2.23. The number of benzene rings is 1. The molecule has 3 rings (SSSR count). The van der Waals surface area contributed by atoms with E-state index in [1.54, 1.807) is 0 Å². The van der Waals surface area contributed by atoms with Gasteiger partial charge in [-0.05, 0) is 18.4 Å². The maximum absolute atomic E-state index is 13.5. The minimum absolute atomic E-state index is 0.103. The van der Waals surface area contributed by atoms with Crippen molar-refractivity contribution in [1.29, 1.82) is 0 Å². The topological polar surface area (TPSA) is 127 Å². The average molecular weight is 490 g/mol. The Balaban J connectivity index is 1.98. The first-order valence-electron chi connectivity index (χ1n) is 11.1. The third-order valence-electron chi connectivity index (χ3n) is 5.33. The van der Waals surface area contributed by atoms with Crippen LogP contribution in [0.1, 0.15) is 56.4 Å². The number of anilines is 1. The van der Waals surface area contributed by atoms with Crippen LogP contribution in [0.25, 0.3) is 0 Å². The summed E-state index contributed by atoms with van der Waals surface area (Å²) in [4.78, 5) is 25.2. The summed E-state index contributed by atoms with van der Waals surface area (Å²) in [5.41, 5.74) is -0.301. The Morgan fingerprint density at radius 1 is 1.12 bits per heavy atom. The zero-order valence-corrected chi connectivity index (χ0v) is 19.9. The Kier molecular flexibility index (Phi) is 8.32. The van der Waals surface area contributed by atoms with Crippen LogP contribution < -0.4 is 10.3 Å². The van der Waals surface area contributed by atoms with Gasteiger partial charge in [-0.3, -0.25) is 14.1 Å². The van der Waals surface area contributed by atoms with E-state index in [9.17, 15) is 22.7 Å². The molecule has 34 heavy (non-hydrogen) atoms. The van der Waals surface area contributed by atoms with Crippen molar-refractivity contribution < 1.29 is 17.9 Å². The van der Waals surface area contributed by atoms with Gasteiger partial charge in [-0.15, -0.1) is 0 Å². The van der Waals surface area contributed by atoms with Gasteiger partial charge in [-0.1, -0.05) is 50.6 Å². The first-order chi connectivity index (χ1) is 16.3. The van der Waals surface area contributed by atoms with Crippen molar-refractivity contribution in [3.05, 3.63) is 76.1 Å². The van der Waals surface area contributed by atoms with E-state index < -0.39 is 38.7 Å². The monoisotopic (exact) mass is 489 g/mol. The number of aryl methyl sites for hydroxylation is 2. The van der Waals surface area contributed by atoms with Crippen LogP contribution in [-0.4, -0.2) is 38.8 Å². The van der Waals surface area contributed by atoms with Gasteiger partial charge in [0.1, 0.15) is 11.6 Å². The predicted octanol–water partition coefficient (Wildman–Crippen LogP) is 3.20. The van der Waals surface area contributed by atoms with E-state index in [1.807, 2.05) is 44.2 Å². The fraction of sp³-hybridized carbons (Fsp3) is 0.391. The zero-order valence-electron chi connectivity index (χ0n) is 19.1. The lowest BCUT2D eigenvalue weighted by Crippen LogP contribution is -2.33. The van der Waals surface area contributed by atoms with Crippen LogP contribution in [0.3, 0.4) is 0 Å². The number of hydrogen-bond acceptors (Lipinski definition) is 7. The number of nitrogens with zero attached hydrogens (tertiary/aromatic N) is 4. The van der Waals surface area contributed by atoms with E-state index in [4.69, 9.17) is 0 Å². The molecule has 182 valence electrons. The Morgan fingerprint density at radius 3 is 2.41 bits per heavy atom. The van der Waals surface area contributed by atoms with E-state index in [0.29, 0.717) is 18.7 Å². The minimum Gasteiger partial charge on any atom is -0.492 e. The van der Waals surface area contributed by atoms with Crippen LogP contribution in [0.4, 0.5) is 10.1 Å². The molecule has 0 unspecified atom stereocenters. The normalized spacial score (nSPS) is 12.4. The number of halogens is 1. The molecular formula is C23H28FN5O4S. The van der Waals surface area contributed by atoms with E-state index in [0.717, 1.165) is 30.8 Å². The molecule has 11 heteroatoms. The molecule has 0 aliphatic carbocycles. The SMILES string of the molecule is CCCCc1nc(O)c(NS(=O)(=O)CCc2ncc(F)cn2)c(=O)n1[C@H](CC)c1ccccc1. The highest BCUT2D eigenvalue weighted by Crippen LogP contribution is 2.26. The van der Waals surface area contributed by atoms with Gasteiger partial charge in [0.05, 0.1) is 24.2 Å². The number of hydrogen-bond donors (Lipinski definition) is 2. The largest absolute Gasteiger partial charge is 0.492 e. The van der Waals surface area contributed by atoms with E-state index in [1.165, 1.54) is 4.57 Å². The molecule has 0 fully saturated rings. The van der Waals surface area contributed by atoms with Gasteiger partial charge in [-0.2, -0.15) is 4.98 Å². The van der Waals surface area contributed by atoms with Crippen molar-refractivity contribution in [2.75, 3.05) is 10.5 Å². The third-order valence-corrected chi connectivity index (χ3v) is 6.59. The summed E-state index contributed by atoms with van der Waals surface area (Å²) >= 11 is 0. The molecule has 1 aromatic carbocycles. The van der Waals surface area contributed by atoms with Gasteiger partial charge >= 0.3 is 0 Å². The maximum atomic E-state index is 13.5. The highest BCUT2D eigenvalue weighted by atomic mass is 32.2. The van der Waals surface area contributed by atoms with Gasteiger partial charge in [0.25, 0.3) is 5.56 Å². The molecule has 0 saturated heterocycles. The highest BCUT2D eigenvalue weighted by molar-refractivity contribution is 7.92. The molecule has 0 aliphatic rings. The number of rotatable bonds is 11. The van der Waals surface area contributed by atoms with Crippen molar-refractivity contribution >= 4 is 15.7 Å². The standard InChI is InChI=1S/C23H28FN5O4S/c1-3-5-11-20-27-22(30)21(23(31)29(20)18(4-2)16-9-7-6-8-10-16)28-34(32,33)13-12-19-25-14-17(24)15-26-19/h6-10,14-15,18,28,30H,3-5,11-13H2,1-2H3/t18-/m1/s1. The molecule has 0 aliphatic heterocycles. The lowest BCUT2D eigenvalue weighted by molar-refractivity contribution is 0.432. The van der Waals surface area contributed by atoms with Crippen molar-refractivity contribution in [2.45, 2.75) is 52.0 Å². The molecule has 1 atom stereocenters. The van der Waals surface area contributed by atoms with Crippen LogP contribution in [0, 0.1) is 5.82 Å². The lowest BCUT2D eigenvalue weighted by atomic mass is 10.0. The number of aromatic nitrogens is 4. The predicted molar refractivity (Wildman–Crippen MR) is 127 cm³/mol. The van der Waals surface area contributed by atoms with Crippen molar-refractivity contribution in [3.63, 3.8) is 0 Å². The number of unbranched alkanes of at least 4 members (excludes halogenated alkanes) is 1. The number of sulfonamides is 1. The summed E-state index contributed by atoms with van der Waals surface area (Å²) in [6.07, 6.45) is 4.41.